The number of pyridine rings is 1. The van der Waals surface area contributed by atoms with Gasteiger partial charge in [-0.3, -0.25) is 9.59 Å². The summed E-state index contributed by atoms with van der Waals surface area (Å²) in [5.41, 5.74) is 4.09. The summed E-state index contributed by atoms with van der Waals surface area (Å²) in [6.07, 6.45) is 1.59. The summed E-state index contributed by atoms with van der Waals surface area (Å²) in [7, 11) is 0. The molecule has 2 aliphatic heterocycles. The summed E-state index contributed by atoms with van der Waals surface area (Å²) >= 11 is 0. The van der Waals surface area contributed by atoms with E-state index in [2.05, 4.69) is 28.2 Å². The van der Waals surface area contributed by atoms with Crippen LogP contribution in [0.4, 0.5) is 5.82 Å². The summed E-state index contributed by atoms with van der Waals surface area (Å²) in [6.45, 7) is 9.28. The Bertz CT molecular complexity index is 1070. The van der Waals surface area contributed by atoms with Crippen molar-refractivity contribution in [2.45, 2.75) is 26.7 Å². The predicted octanol–water partition coefficient (Wildman–Crippen LogP) is 2.38. The van der Waals surface area contributed by atoms with Crippen molar-refractivity contribution in [3.05, 3.63) is 58.3 Å². The van der Waals surface area contributed by atoms with Gasteiger partial charge in [0.25, 0.3) is 5.91 Å². The van der Waals surface area contributed by atoms with Crippen molar-refractivity contribution < 1.29 is 9.59 Å². The maximum Gasteiger partial charge on any atom is 0.254 e. The normalized spacial score (nSPS) is 21.0. The monoisotopic (exact) mass is 417 g/mol. The Morgan fingerprint density at radius 2 is 1.90 bits per heavy atom. The smallest absolute Gasteiger partial charge is 0.254 e. The Morgan fingerprint density at radius 1 is 1.16 bits per heavy atom. The molecule has 2 atom stereocenters. The van der Waals surface area contributed by atoms with E-state index >= 15 is 0 Å². The van der Waals surface area contributed by atoms with E-state index in [0.29, 0.717) is 43.9 Å². The molecule has 2 aromatic rings. The Hall–Kier alpha value is -3.40. The minimum atomic E-state index is -0.144. The zero-order chi connectivity index (χ0) is 22.1. The van der Waals surface area contributed by atoms with Crippen molar-refractivity contribution in [3.63, 3.8) is 0 Å². The van der Waals surface area contributed by atoms with Gasteiger partial charge in [-0.1, -0.05) is 19.1 Å². The average molecular weight is 418 g/mol. The third kappa shape index (κ3) is 3.98. The molecule has 1 N–H and O–H groups in total. The molecule has 160 valence electrons. The number of piperazine rings is 1. The van der Waals surface area contributed by atoms with E-state index in [1.54, 1.807) is 6.20 Å². The van der Waals surface area contributed by atoms with Crippen LogP contribution in [0.3, 0.4) is 0 Å². The van der Waals surface area contributed by atoms with E-state index < -0.39 is 0 Å². The molecule has 2 amide bonds. The van der Waals surface area contributed by atoms with Crippen LogP contribution < -0.4 is 10.2 Å². The Morgan fingerprint density at radius 3 is 2.48 bits per heavy atom. The number of amides is 2. The highest BCUT2D eigenvalue weighted by atomic mass is 16.2. The Kier molecular flexibility index (Phi) is 5.64. The number of nitriles is 1. The summed E-state index contributed by atoms with van der Waals surface area (Å²) in [5.74, 6) is 1.07. The van der Waals surface area contributed by atoms with Crippen molar-refractivity contribution in [2.75, 3.05) is 37.6 Å². The van der Waals surface area contributed by atoms with E-state index in [1.807, 2.05) is 43.0 Å². The minimum Gasteiger partial charge on any atom is -0.355 e. The number of hydrogen-bond acceptors (Lipinski definition) is 5. The maximum absolute atomic E-state index is 13.2. The molecule has 3 heterocycles. The van der Waals surface area contributed by atoms with Gasteiger partial charge in [0.15, 0.2) is 0 Å². The van der Waals surface area contributed by atoms with Gasteiger partial charge in [-0.2, -0.15) is 5.26 Å². The molecule has 2 fully saturated rings. The molecule has 1 aromatic heterocycles. The van der Waals surface area contributed by atoms with E-state index in [4.69, 9.17) is 5.26 Å². The van der Waals surface area contributed by atoms with Crippen molar-refractivity contribution >= 4 is 17.6 Å². The summed E-state index contributed by atoms with van der Waals surface area (Å²) in [6, 6.07) is 9.73. The zero-order valence-electron chi connectivity index (χ0n) is 18.2. The fourth-order valence-electron chi connectivity index (χ4n) is 4.60. The fourth-order valence-corrected chi connectivity index (χ4v) is 4.60. The molecule has 7 heteroatoms. The first-order valence-electron chi connectivity index (χ1n) is 10.7. The first kappa shape index (κ1) is 20.9. The highest BCUT2D eigenvalue weighted by Gasteiger charge is 2.33. The molecule has 0 bridgehead atoms. The van der Waals surface area contributed by atoms with E-state index in [1.165, 1.54) is 0 Å². The van der Waals surface area contributed by atoms with E-state index in [9.17, 15) is 9.59 Å². The molecule has 2 aliphatic rings. The number of carbonyl (C=O) groups is 2. The van der Waals surface area contributed by atoms with Gasteiger partial charge in [0.1, 0.15) is 11.9 Å². The van der Waals surface area contributed by atoms with Crippen LogP contribution >= 0.6 is 0 Å². The van der Waals surface area contributed by atoms with Crippen LogP contribution in [0.25, 0.3) is 0 Å². The highest BCUT2D eigenvalue weighted by Crippen LogP contribution is 2.30. The summed E-state index contributed by atoms with van der Waals surface area (Å²) in [5, 5.41) is 11.9. The molecule has 2 saturated heterocycles. The summed E-state index contributed by atoms with van der Waals surface area (Å²) < 4.78 is 0. The van der Waals surface area contributed by atoms with Crippen molar-refractivity contribution in [1.29, 1.82) is 5.26 Å². The van der Waals surface area contributed by atoms with Gasteiger partial charge in [0.2, 0.25) is 5.91 Å². The Balaban J connectivity index is 1.44. The molecule has 0 radical (unpaired) electrons. The maximum atomic E-state index is 13.2. The Labute approximate surface area is 182 Å². The van der Waals surface area contributed by atoms with Gasteiger partial charge >= 0.3 is 0 Å². The van der Waals surface area contributed by atoms with E-state index in [0.717, 1.165) is 22.5 Å². The number of anilines is 1. The van der Waals surface area contributed by atoms with Gasteiger partial charge in [-0.25, -0.2) is 4.98 Å². The molecular weight excluding hydrogens is 390 g/mol. The molecule has 0 saturated carbocycles. The number of aromatic nitrogens is 1. The van der Waals surface area contributed by atoms with Crippen LogP contribution in [-0.2, 0) is 4.79 Å². The first-order chi connectivity index (χ1) is 14.9. The fraction of sp³-hybridized carbons (Fsp3) is 0.417. The molecular formula is C24H27N5O2. The van der Waals surface area contributed by atoms with Crippen LogP contribution in [0.5, 0.6) is 0 Å². The standard InChI is InChI=1S/C24H27N5O2/c1-15-11-19(21-17(3)13-27-23(21)30)4-5-20(15)24(31)29-8-6-28(7-9-29)22-16(2)10-18(12-25)14-26-22/h4-5,10-11,14,17,21H,6-9,13H2,1-3H3,(H,27,30)/t17?,21-/m1/s1. The lowest BCUT2D eigenvalue weighted by Crippen LogP contribution is -2.49. The lowest BCUT2D eigenvalue weighted by atomic mass is 9.88. The van der Waals surface area contributed by atoms with Crippen LogP contribution in [0, 0.1) is 31.1 Å². The van der Waals surface area contributed by atoms with Crippen LogP contribution in [0.15, 0.2) is 30.5 Å². The lowest BCUT2D eigenvalue weighted by molar-refractivity contribution is -0.120. The van der Waals surface area contributed by atoms with Gasteiger partial charge in [-0.05, 0) is 48.6 Å². The second-order valence-electron chi connectivity index (χ2n) is 8.53. The van der Waals surface area contributed by atoms with Crippen LogP contribution in [-0.4, -0.2) is 54.4 Å². The van der Waals surface area contributed by atoms with Crippen molar-refractivity contribution in [3.8, 4) is 6.07 Å². The van der Waals surface area contributed by atoms with Gasteiger partial charge in [0.05, 0.1) is 11.5 Å². The third-order valence-electron chi connectivity index (χ3n) is 6.34. The highest BCUT2D eigenvalue weighted by molar-refractivity contribution is 5.96. The topological polar surface area (TPSA) is 89.3 Å². The minimum absolute atomic E-state index is 0.0251. The number of hydrogen-bond donors (Lipinski definition) is 1. The van der Waals surface area contributed by atoms with Gasteiger partial charge in [-0.15, -0.1) is 0 Å². The van der Waals surface area contributed by atoms with Crippen LogP contribution in [0.2, 0.25) is 0 Å². The largest absolute Gasteiger partial charge is 0.355 e. The molecule has 7 nitrogen and oxygen atoms in total. The van der Waals surface area contributed by atoms with Crippen molar-refractivity contribution in [2.24, 2.45) is 5.92 Å². The van der Waals surface area contributed by atoms with Crippen LogP contribution in [0.1, 0.15) is 45.5 Å². The lowest BCUT2D eigenvalue weighted by Gasteiger charge is -2.36. The first-order valence-corrected chi connectivity index (χ1v) is 10.7. The molecule has 31 heavy (non-hydrogen) atoms. The molecule has 0 spiro atoms. The predicted molar refractivity (Wildman–Crippen MR) is 118 cm³/mol. The quantitative estimate of drug-likeness (QED) is 0.828. The van der Waals surface area contributed by atoms with Gasteiger partial charge < -0.3 is 15.1 Å². The summed E-state index contributed by atoms with van der Waals surface area (Å²) in [4.78, 5) is 33.8. The second kappa shape index (κ2) is 8.38. The SMILES string of the molecule is Cc1cc([C@@H]2C(=O)NCC2C)ccc1C(=O)N1CCN(c2ncc(C#N)cc2C)CC1. The molecule has 0 aliphatic carbocycles. The molecule has 1 aromatic carbocycles. The number of aryl methyl sites for hydroxylation is 2. The van der Waals surface area contributed by atoms with E-state index in [-0.39, 0.29) is 23.7 Å². The molecule has 4 rings (SSSR count). The number of nitrogens with zero attached hydrogens (tertiary/aromatic N) is 4. The third-order valence-corrected chi connectivity index (χ3v) is 6.34. The average Bonchev–Trinajstić information content (AvgIpc) is 3.11. The molecule has 1 unspecified atom stereocenters. The number of benzene rings is 1. The van der Waals surface area contributed by atoms with Crippen molar-refractivity contribution in [1.82, 2.24) is 15.2 Å². The number of nitrogens with one attached hydrogen (secondary N) is 1. The zero-order valence-corrected chi connectivity index (χ0v) is 18.2. The second-order valence-corrected chi connectivity index (χ2v) is 8.53. The number of rotatable bonds is 3. The van der Waals surface area contributed by atoms with Gasteiger partial charge in [0, 0.05) is 44.5 Å². The number of carbonyl (C=O) groups excluding carboxylic acids is 2.